The summed E-state index contributed by atoms with van der Waals surface area (Å²) < 4.78 is 68.2. The maximum atomic E-state index is 14.0. The molecule has 1 rings (SSSR count). The highest BCUT2D eigenvalue weighted by molar-refractivity contribution is 6.79. The monoisotopic (exact) mass is 395 g/mol. The van der Waals surface area contributed by atoms with Gasteiger partial charge in [-0.1, -0.05) is 51.4 Å². The van der Waals surface area contributed by atoms with Gasteiger partial charge in [0.1, 0.15) is 5.69 Å². The van der Waals surface area contributed by atoms with Crippen molar-refractivity contribution in [2.45, 2.75) is 64.7 Å². The van der Waals surface area contributed by atoms with Crippen LogP contribution in [0.4, 0.5) is 27.6 Å². The van der Waals surface area contributed by atoms with Crippen molar-refractivity contribution in [3.8, 4) is 0 Å². The van der Waals surface area contributed by atoms with E-state index in [2.05, 4.69) is 20.8 Å². The van der Waals surface area contributed by atoms with E-state index in [4.69, 9.17) is 0 Å². The molecule has 0 unspecified atom stereocenters. The van der Waals surface area contributed by atoms with E-state index in [1.54, 1.807) is 0 Å². The zero-order chi connectivity index (χ0) is 20.1. The summed E-state index contributed by atoms with van der Waals surface area (Å²) in [6.45, 7) is 7.32. The van der Waals surface area contributed by atoms with Gasteiger partial charge in [-0.3, -0.25) is 4.79 Å². The van der Waals surface area contributed by atoms with Gasteiger partial charge in [-0.25, -0.2) is 22.0 Å². The average molecular weight is 395 g/mol. The maximum absolute atomic E-state index is 14.0. The first kappa shape index (κ1) is 22.6. The fourth-order valence-electron chi connectivity index (χ4n) is 3.48. The summed E-state index contributed by atoms with van der Waals surface area (Å²) in [5.74, 6) is -11.0. The van der Waals surface area contributed by atoms with Crippen LogP contribution in [0.5, 0.6) is 0 Å². The van der Waals surface area contributed by atoms with Crippen molar-refractivity contribution in [3.63, 3.8) is 0 Å². The van der Waals surface area contributed by atoms with Crippen LogP contribution in [0.1, 0.15) is 40.5 Å². The predicted molar refractivity (Wildman–Crippen MR) is 95.5 cm³/mol. The summed E-state index contributed by atoms with van der Waals surface area (Å²) in [7, 11) is -1.54. The normalized spacial score (nSPS) is 11.7. The van der Waals surface area contributed by atoms with Gasteiger partial charge in [0.05, 0.1) is 8.07 Å². The van der Waals surface area contributed by atoms with Gasteiger partial charge >= 0.3 is 0 Å². The Labute approximate surface area is 152 Å². The molecule has 0 aliphatic rings. The van der Waals surface area contributed by atoms with E-state index < -0.39 is 48.8 Å². The number of carbonyl (C=O) groups excluding carboxylic acids is 1. The van der Waals surface area contributed by atoms with Crippen molar-refractivity contribution in [2.24, 2.45) is 0 Å². The molecule has 8 heteroatoms. The van der Waals surface area contributed by atoms with E-state index in [0.717, 1.165) is 37.5 Å². The van der Waals surface area contributed by atoms with Gasteiger partial charge in [-0.2, -0.15) is 0 Å². The number of rotatable bonds is 9. The Balaban J connectivity index is 3.11. The minimum absolute atomic E-state index is 0.0772. The zero-order valence-corrected chi connectivity index (χ0v) is 16.7. The van der Waals surface area contributed by atoms with Crippen LogP contribution < -0.4 is 4.90 Å². The number of hydrogen-bond donors (Lipinski definition) is 0. The molecule has 1 amide bonds. The smallest absolute Gasteiger partial charge is 0.224 e. The highest BCUT2D eigenvalue weighted by Gasteiger charge is 2.32. The minimum Gasteiger partial charge on any atom is -0.307 e. The van der Waals surface area contributed by atoms with Gasteiger partial charge in [-0.05, 0) is 6.42 Å². The molecule has 0 bridgehead atoms. The molecule has 0 fully saturated rings. The molecule has 26 heavy (non-hydrogen) atoms. The Hall–Kier alpha value is -1.44. The standard InChI is InChI=1S/C18H26F5NOSi/c1-5-10-26(6-2,7-3)11-8-9-24(12(4)25)18-16(22)14(20)13(19)15(21)17(18)23/h5-11H2,1-4H3. The van der Waals surface area contributed by atoms with Crippen LogP contribution in [0.25, 0.3) is 0 Å². The van der Waals surface area contributed by atoms with Crippen LogP contribution in [-0.2, 0) is 4.79 Å². The Morgan fingerprint density at radius 3 is 1.69 bits per heavy atom. The molecular formula is C18H26F5NOSi. The number of amides is 1. The summed E-state index contributed by atoms with van der Waals surface area (Å²) in [6, 6.07) is 4.06. The van der Waals surface area contributed by atoms with Crippen LogP contribution in [0, 0.1) is 29.1 Å². The largest absolute Gasteiger partial charge is 0.307 e. The number of halogens is 5. The SMILES string of the molecule is CCC[Si](CC)(CC)CCCN(C(C)=O)c1c(F)c(F)c(F)c(F)c1F. The van der Waals surface area contributed by atoms with Gasteiger partial charge in [0.25, 0.3) is 0 Å². The summed E-state index contributed by atoms with van der Waals surface area (Å²) in [5, 5.41) is 0. The molecule has 1 aromatic carbocycles. The predicted octanol–water partition coefficient (Wildman–Crippen LogP) is 6.02. The van der Waals surface area contributed by atoms with Gasteiger partial charge in [0.2, 0.25) is 11.7 Å². The Morgan fingerprint density at radius 2 is 1.31 bits per heavy atom. The highest BCUT2D eigenvalue weighted by atomic mass is 28.3. The molecule has 0 atom stereocenters. The number of anilines is 1. The second-order valence-electron chi connectivity index (χ2n) is 6.65. The summed E-state index contributed by atoms with van der Waals surface area (Å²) in [5.41, 5.74) is -1.16. The first-order chi connectivity index (χ1) is 12.2. The minimum atomic E-state index is -2.22. The van der Waals surface area contributed by atoms with E-state index in [0.29, 0.717) is 11.3 Å². The van der Waals surface area contributed by atoms with Crippen molar-refractivity contribution in [3.05, 3.63) is 29.1 Å². The molecule has 148 valence electrons. The third kappa shape index (κ3) is 4.63. The lowest BCUT2D eigenvalue weighted by Gasteiger charge is -2.31. The van der Waals surface area contributed by atoms with Gasteiger partial charge in [-0.15, -0.1) is 0 Å². The van der Waals surface area contributed by atoms with Crippen LogP contribution in [0.15, 0.2) is 0 Å². The van der Waals surface area contributed by atoms with E-state index in [1.165, 1.54) is 0 Å². The zero-order valence-electron chi connectivity index (χ0n) is 15.7. The molecule has 2 nitrogen and oxygen atoms in total. The van der Waals surface area contributed by atoms with Crippen LogP contribution in [0.2, 0.25) is 24.2 Å². The molecule has 1 aromatic rings. The van der Waals surface area contributed by atoms with Crippen molar-refractivity contribution < 1.29 is 26.7 Å². The number of benzene rings is 1. The average Bonchev–Trinajstić information content (AvgIpc) is 2.62. The van der Waals surface area contributed by atoms with Gasteiger partial charge in [0.15, 0.2) is 23.3 Å². The lowest BCUT2D eigenvalue weighted by atomic mass is 10.2. The molecule has 0 saturated heterocycles. The quantitative estimate of drug-likeness (QED) is 0.217. The van der Waals surface area contributed by atoms with Crippen LogP contribution in [-0.4, -0.2) is 20.5 Å². The molecule has 0 aliphatic carbocycles. The van der Waals surface area contributed by atoms with Crippen molar-refractivity contribution >= 4 is 19.7 Å². The summed E-state index contributed by atoms with van der Waals surface area (Å²) >= 11 is 0. The lowest BCUT2D eigenvalue weighted by molar-refractivity contribution is -0.116. The summed E-state index contributed by atoms with van der Waals surface area (Å²) in [6.07, 6.45) is 1.51. The van der Waals surface area contributed by atoms with Crippen LogP contribution in [0.3, 0.4) is 0 Å². The Morgan fingerprint density at radius 1 is 0.846 bits per heavy atom. The molecule has 0 radical (unpaired) electrons. The molecular weight excluding hydrogens is 369 g/mol. The number of nitrogens with zero attached hydrogens (tertiary/aromatic N) is 1. The van der Waals surface area contributed by atoms with Crippen LogP contribution >= 0.6 is 0 Å². The lowest BCUT2D eigenvalue weighted by Crippen LogP contribution is -2.36. The first-order valence-corrected chi connectivity index (χ1v) is 11.8. The fraction of sp³-hybridized carbons (Fsp3) is 0.611. The third-order valence-corrected chi connectivity index (χ3v) is 11.2. The molecule has 0 spiro atoms. The fourth-order valence-corrected chi connectivity index (χ4v) is 7.61. The second kappa shape index (κ2) is 9.48. The molecule has 0 aromatic heterocycles. The third-order valence-electron chi connectivity index (χ3n) is 5.21. The van der Waals surface area contributed by atoms with E-state index >= 15 is 0 Å². The number of carbonyl (C=O) groups is 1. The molecule has 0 aliphatic heterocycles. The summed E-state index contributed by atoms with van der Waals surface area (Å²) in [4.78, 5) is 12.5. The molecule has 0 heterocycles. The first-order valence-electron chi connectivity index (χ1n) is 8.95. The maximum Gasteiger partial charge on any atom is 0.224 e. The van der Waals surface area contributed by atoms with E-state index in [9.17, 15) is 26.7 Å². The Bertz CT molecular complexity index is 620. The number of hydrogen-bond acceptors (Lipinski definition) is 1. The Kier molecular flexibility index (Phi) is 8.24. The second-order valence-corrected chi connectivity index (χ2v) is 12.1. The van der Waals surface area contributed by atoms with E-state index in [1.807, 2.05) is 0 Å². The van der Waals surface area contributed by atoms with Gasteiger partial charge < -0.3 is 4.90 Å². The van der Waals surface area contributed by atoms with Crippen molar-refractivity contribution in [1.29, 1.82) is 0 Å². The topological polar surface area (TPSA) is 20.3 Å². The highest BCUT2D eigenvalue weighted by Crippen LogP contribution is 2.32. The molecule has 0 N–H and O–H groups in total. The van der Waals surface area contributed by atoms with Crippen molar-refractivity contribution in [2.75, 3.05) is 11.4 Å². The van der Waals surface area contributed by atoms with Crippen molar-refractivity contribution in [1.82, 2.24) is 0 Å². The molecule has 0 saturated carbocycles. The van der Waals surface area contributed by atoms with Gasteiger partial charge in [0, 0.05) is 13.5 Å². The van der Waals surface area contributed by atoms with E-state index in [-0.39, 0.29) is 6.54 Å².